The fourth-order valence-corrected chi connectivity index (χ4v) is 4.77. The summed E-state index contributed by atoms with van der Waals surface area (Å²) >= 11 is 0. The Hall–Kier alpha value is -0.870. The molecule has 4 nitrogen and oxygen atoms in total. The van der Waals surface area contributed by atoms with Crippen LogP contribution < -0.4 is 0 Å². The van der Waals surface area contributed by atoms with Crippen LogP contribution in [0.5, 0.6) is 0 Å². The molecule has 23 heavy (non-hydrogen) atoms. The molecular formula is C19H32N4. The van der Waals surface area contributed by atoms with Gasteiger partial charge in [0.1, 0.15) is 5.82 Å². The second kappa shape index (κ2) is 6.94. The molecule has 1 aromatic rings. The Balaban J connectivity index is 1.40. The van der Waals surface area contributed by atoms with E-state index in [0.717, 1.165) is 31.0 Å². The highest BCUT2D eigenvalue weighted by Gasteiger charge is 2.36. The first-order chi connectivity index (χ1) is 11.3. The van der Waals surface area contributed by atoms with E-state index in [0.29, 0.717) is 0 Å². The standard InChI is InChI=1S/C19H32N4/c1-2-9-22-10-8-20-19(22)15-21-11-17-6-7-18(14-21)23(13-17)12-16-4-3-5-16/h8,10,16-18H,2-7,9,11-15H2,1H3/t17-,18+/m0/s1. The van der Waals surface area contributed by atoms with Crippen LogP contribution in [-0.2, 0) is 13.1 Å². The molecule has 0 radical (unpaired) electrons. The topological polar surface area (TPSA) is 24.3 Å². The normalized spacial score (nSPS) is 29.6. The summed E-state index contributed by atoms with van der Waals surface area (Å²) < 4.78 is 2.35. The molecule has 0 aromatic carbocycles. The number of aryl methyl sites for hydroxylation is 1. The number of hydrogen-bond acceptors (Lipinski definition) is 3. The minimum absolute atomic E-state index is 0.795. The number of fused-ring (bicyclic) bond motifs is 4. The number of aromatic nitrogens is 2. The third kappa shape index (κ3) is 3.48. The van der Waals surface area contributed by atoms with Gasteiger partial charge in [-0.2, -0.15) is 0 Å². The van der Waals surface area contributed by atoms with Crippen molar-refractivity contribution in [2.24, 2.45) is 11.8 Å². The summed E-state index contributed by atoms with van der Waals surface area (Å²) in [6, 6.07) is 0.795. The van der Waals surface area contributed by atoms with E-state index in [4.69, 9.17) is 0 Å². The van der Waals surface area contributed by atoms with Crippen LogP contribution >= 0.6 is 0 Å². The number of imidazole rings is 1. The number of piperidine rings is 1. The molecule has 3 aliphatic heterocycles. The predicted octanol–water partition coefficient (Wildman–Crippen LogP) is 2.99. The third-order valence-corrected chi connectivity index (χ3v) is 6.25. The van der Waals surface area contributed by atoms with Crippen LogP contribution in [0.4, 0.5) is 0 Å². The first-order valence-corrected chi connectivity index (χ1v) is 9.78. The zero-order valence-corrected chi connectivity index (χ0v) is 14.7. The molecule has 1 aliphatic carbocycles. The maximum Gasteiger partial charge on any atom is 0.122 e. The van der Waals surface area contributed by atoms with Gasteiger partial charge in [-0.1, -0.05) is 13.3 Å². The fourth-order valence-electron chi connectivity index (χ4n) is 4.77. The van der Waals surface area contributed by atoms with Crippen molar-refractivity contribution in [1.82, 2.24) is 19.4 Å². The summed E-state index contributed by atoms with van der Waals surface area (Å²) in [6.45, 7) is 9.63. The molecule has 1 saturated carbocycles. The van der Waals surface area contributed by atoms with Gasteiger partial charge in [-0.25, -0.2) is 4.98 Å². The van der Waals surface area contributed by atoms with Crippen molar-refractivity contribution in [2.75, 3.05) is 26.2 Å². The van der Waals surface area contributed by atoms with Crippen molar-refractivity contribution in [3.05, 3.63) is 18.2 Å². The van der Waals surface area contributed by atoms with Gasteiger partial charge in [0.15, 0.2) is 0 Å². The lowest BCUT2D eigenvalue weighted by atomic mass is 9.83. The van der Waals surface area contributed by atoms with Crippen molar-refractivity contribution in [3.63, 3.8) is 0 Å². The van der Waals surface area contributed by atoms with Crippen molar-refractivity contribution >= 4 is 0 Å². The lowest BCUT2D eigenvalue weighted by Gasteiger charge is -2.40. The van der Waals surface area contributed by atoms with Crippen molar-refractivity contribution < 1.29 is 0 Å². The highest BCUT2D eigenvalue weighted by molar-refractivity contribution is 4.96. The first kappa shape index (κ1) is 15.6. The van der Waals surface area contributed by atoms with Crippen LogP contribution in [0.25, 0.3) is 0 Å². The first-order valence-electron chi connectivity index (χ1n) is 9.78. The SMILES string of the molecule is CCCn1ccnc1CN1C[C@@H]2CC[C@H](C1)N(CC1CCC1)C2. The highest BCUT2D eigenvalue weighted by atomic mass is 15.3. The van der Waals surface area contributed by atoms with Crippen LogP contribution in [0.1, 0.15) is 51.3 Å². The van der Waals surface area contributed by atoms with Gasteiger partial charge in [0.05, 0.1) is 6.54 Å². The molecule has 5 rings (SSSR count). The van der Waals surface area contributed by atoms with E-state index in [2.05, 4.69) is 32.5 Å². The lowest BCUT2D eigenvalue weighted by Crippen LogP contribution is -2.46. The monoisotopic (exact) mass is 316 g/mol. The van der Waals surface area contributed by atoms with Crippen LogP contribution in [0.15, 0.2) is 12.4 Å². The van der Waals surface area contributed by atoms with Crippen LogP contribution in [0, 0.1) is 11.8 Å². The Kier molecular flexibility index (Phi) is 4.72. The summed E-state index contributed by atoms with van der Waals surface area (Å²) in [5.41, 5.74) is 0. The molecule has 4 heterocycles. The third-order valence-electron chi connectivity index (χ3n) is 6.25. The lowest BCUT2D eigenvalue weighted by molar-refractivity contribution is 0.0889. The maximum absolute atomic E-state index is 4.63. The quantitative estimate of drug-likeness (QED) is 0.806. The molecule has 0 N–H and O–H groups in total. The molecule has 1 aromatic heterocycles. The Morgan fingerprint density at radius 2 is 2.04 bits per heavy atom. The van der Waals surface area contributed by atoms with Crippen molar-refractivity contribution in [2.45, 2.75) is 64.6 Å². The summed E-state index contributed by atoms with van der Waals surface area (Å²) in [6.07, 6.45) is 12.6. The smallest absolute Gasteiger partial charge is 0.122 e. The summed E-state index contributed by atoms with van der Waals surface area (Å²) in [4.78, 5) is 10.2. The van der Waals surface area contributed by atoms with Gasteiger partial charge < -0.3 is 4.57 Å². The molecule has 128 valence electrons. The number of rotatable bonds is 6. The van der Waals surface area contributed by atoms with E-state index in [1.807, 2.05) is 6.20 Å². The van der Waals surface area contributed by atoms with Crippen LogP contribution in [0.2, 0.25) is 0 Å². The molecule has 0 amide bonds. The van der Waals surface area contributed by atoms with E-state index in [1.165, 1.54) is 70.5 Å². The molecule has 4 fully saturated rings. The van der Waals surface area contributed by atoms with Gasteiger partial charge >= 0.3 is 0 Å². The molecular weight excluding hydrogens is 284 g/mol. The van der Waals surface area contributed by atoms with E-state index in [-0.39, 0.29) is 0 Å². The van der Waals surface area contributed by atoms with E-state index < -0.39 is 0 Å². The maximum atomic E-state index is 4.63. The van der Waals surface area contributed by atoms with Crippen LogP contribution in [0.3, 0.4) is 0 Å². The molecule has 0 spiro atoms. The largest absolute Gasteiger partial charge is 0.334 e. The van der Waals surface area contributed by atoms with Gasteiger partial charge in [0.25, 0.3) is 0 Å². The molecule has 4 aliphatic rings. The van der Waals surface area contributed by atoms with Crippen molar-refractivity contribution in [3.8, 4) is 0 Å². The molecule has 0 unspecified atom stereocenters. The average molecular weight is 316 g/mol. The minimum atomic E-state index is 0.795. The summed E-state index contributed by atoms with van der Waals surface area (Å²) in [5.74, 6) is 3.15. The van der Waals surface area contributed by atoms with E-state index in [9.17, 15) is 0 Å². The zero-order valence-electron chi connectivity index (χ0n) is 14.7. The van der Waals surface area contributed by atoms with Gasteiger partial charge in [-0.3, -0.25) is 9.80 Å². The molecule has 2 atom stereocenters. The summed E-state index contributed by atoms with van der Waals surface area (Å²) in [5, 5.41) is 0. The average Bonchev–Trinajstić information content (AvgIpc) is 2.75. The number of hydrogen-bond donors (Lipinski definition) is 0. The Labute approximate surface area is 140 Å². The fraction of sp³-hybridized carbons (Fsp3) is 0.842. The molecule has 3 saturated heterocycles. The predicted molar refractivity (Wildman–Crippen MR) is 93.2 cm³/mol. The second-order valence-corrected chi connectivity index (χ2v) is 8.08. The number of nitrogens with zero attached hydrogens (tertiary/aromatic N) is 4. The van der Waals surface area contributed by atoms with Gasteiger partial charge in [0, 0.05) is 51.2 Å². The van der Waals surface area contributed by atoms with Crippen LogP contribution in [-0.4, -0.2) is 51.6 Å². The summed E-state index contributed by atoms with van der Waals surface area (Å²) in [7, 11) is 0. The van der Waals surface area contributed by atoms with Gasteiger partial charge in [0.2, 0.25) is 0 Å². The van der Waals surface area contributed by atoms with Gasteiger partial charge in [-0.15, -0.1) is 0 Å². The Morgan fingerprint density at radius 1 is 1.13 bits per heavy atom. The second-order valence-electron chi connectivity index (χ2n) is 8.08. The Morgan fingerprint density at radius 3 is 2.83 bits per heavy atom. The molecule has 4 heteroatoms. The Bertz CT molecular complexity index is 507. The van der Waals surface area contributed by atoms with Crippen molar-refractivity contribution in [1.29, 1.82) is 0 Å². The molecule has 2 bridgehead atoms. The highest BCUT2D eigenvalue weighted by Crippen LogP contribution is 2.33. The van der Waals surface area contributed by atoms with Gasteiger partial charge in [-0.05, 0) is 43.9 Å². The minimum Gasteiger partial charge on any atom is -0.334 e. The van der Waals surface area contributed by atoms with E-state index in [1.54, 1.807) is 0 Å². The zero-order chi connectivity index (χ0) is 15.6. The van der Waals surface area contributed by atoms with E-state index >= 15 is 0 Å².